The van der Waals surface area contributed by atoms with Crippen molar-refractivity contribution in [1.82, 2.24) is 16.0 Å². The molecule has 0 aliphatic heterocycles. The van der Waals surface area contributed by atoms with Crippen LogP contribution in [-0.2, 0) is 22.7 Å². The zero-order valence-corrected chi connectivity index (χ0v) is 18.6. The predicted molar refractivity (Wildman–Crippen MR) is 124 cm³/mol. The molecule has 34 heavy (non-hydrogen) atoms. The molecule has 0 unspecified atom stereocenters. The lowest BCUT2D eigenvalue weighted by Crippen LogP contribution is -2.58. The summed E-state index contributed by atoms with van der Waals surface area (Å²) in [4.78, 5) is 45.9. The molecule has 0 bridgehead atoms. The number of nitrogens with one attached hydrogen (secondary N) is 3. The van der Waals surface area contributed by atoms with Gasteiger partial charge in [0.25, 0.3) is 11.4 Å². The highest BCUT2D eigenvalue weighted by Gasteiger charge is 2.39. The van der Waals surface area contributed by atoms with Gasteiger partial charge in [0.1, 0.15) is 0 Å². The molecule has 0 saturated heterocycles. The van der Waals surface area contributed by atoms with Crippen molar-refractivity contribution >= 4 is 23.2 Å². The number of hydrogen-bond acceptors (Lipinski definition) is 7. The number of benzene rings is 2. The summed E-state index contributed by atoms with van der Waals surface area (Å²) in [6, 6.07) is 12.0. The molecular weight excluding hydrogens is 442 g/mol. The molecule has 2 amide bonds. The van der Waals surface area contributed by atoms with Crippen molar-refractivity contribution in [3.05, 3.63) is 79.9 Å². The third kappa shape index (κ3) is 6.58. The van der Waals surface area contributed by atoms with Gasteiger partial charge >= 0.3 is 0 Å². The molecule has 2 aromatic rings. The molecule has 1 aliphatic carbocycles. The van der Waals surface area contributed by atoms with Crippen LogP contribution in [0.25, 0.3) is 0 Å². The molecule has 3 N–H and O–H groups in total. The Morgan fingerprint density at radius 2 is 1.26 bits per heavy atom. The van der Waals surface area contributed by atoms with Gasteiger partial charge in [0.05, 0.1) is 21.9 Å². The van der Waals surface area contributed by atoms with Crippen LogP contribution >= 0.6 is 0 Å². The van der Waals surface area contributed by atoms with Crippen molar-refractivity contribution in [3.63, 3.8) is 0 Å². The van der Waals surface area contributed by atoms with Gasteiger partial charge in [-0.05, 0) is 24.0 Å². The first kappa shape index (κ1) is 24.8. The molecule has 0 spiro atoms. The Kier molecular flexibility index (Phi) is 8.25. The van der Waals surface area contributed by atoms with Crippen LogP contribution < -0.4 is 16.0 Å². The highest BCUT2D eigenvalue weighted by atomic mass is 16.6. The number of nitrogens with zero attached hydrogens (tertiary/aromatic N) is 2. The minimum Gasteiger partial charge on any atom is -0.350 e. The number of rotatable bonds is 10. The van der Waals surface area contributed by atoms with E-state index >= 15 is 0 Å². The highest BCUT2D eigenvalue weighted by molar-refractivity contribution is 5.90. The second kappa shape index (κ2) is 11.3. The van der Waals surface area contributed by atoms with Crippen LogP contribution in [0.15, 0.2) is 48.5 Å². The average Bonchev–Trinajstić information content (AvgIpc) is 2.85. The fraction of sp³-hybridized carbons (Fsp3) is 0.391. The van der Waals surface area contributed by atoms with E-state index in [1.807, 2.05) is 0 Å². The fourth-order valence-corrected chi connectivity index (χ4v) is 3.97. The molecule has 1 saturated carbocycles. The molecular formula is C23H27N5O6. The Morgan fingerprint density at radius 1 is 0.765 bits per heavy atom. The van der Waals surface area contributed by atoms with Crippen LogP contribution in [0, 0.1) is 20.2 Å². The summed E-state index contributed by atoms with van der Waals surface area (Å²) in [5, 5.41) is 30.3. The van der Waals surface area contributed by atoms with Crippen molar-refractivity contribution < 1.29 is 19.4 Å². The van der Waals surface area contributed by atoms with E-state index in [0.717, 1.165) is 24.8 Å². The largest absolute Gasteiger partial charge is 0.350 e. The van der Waals surface area contributed by atoms with Crippen molar-refractivity contribution in [2.75, 3.05) is 6.54 Å². The van der Waals surface area contributed by atoms with Gasteiger partial charge in [-0.2, -0.15) is 0 Å². The van der Waals surface area contributed by atoms with Gasteiger partial charge in [0, 0.05) is 37.4 Å². The van der Waals surface area contributed by atoms with Crippen LogP contribution in [0.1, 0.15) is 43.2 Å². The van der Waals surface area contributed by atoms with Gasteiger partial charge in [-0.15, -0.1) is 0 Å². The lowest BCUT2D eigenvalue weighted by molar-refractivity contribution is -0.385. The van der Waals surface area contributed by atoms with Gasteiger partial charge in [-0.1, -0.05) is 43.5 Å². The van der Waals surface area contributed by atoms with E-state index in [1.54, 1.807) is 24.3 Å². The number of non-ortho nitro benzene ring substituents is 2. The second-order valence-electron chi connectivity index (χ2n) is 8.30. The van der Waals surface area contributed by atoms with Gasteiger partial charge in [0.15, 0.2) is 0 Å². The Labute approximate surface area is 196 Å². The van der Waals surface area contributed by atoms with Gasteiger partial charge in [0.2, 0.25) is 11.8 Å². The monoisotopic (exact) mass is 469 g/mol. The van der Waals surface area contributed by atoms with E-state index in [1.165, 1.54) is 24.3 Å². The standard InChI is InChI=1S/C23H27N5O6/c29-21(24-14-17-4-8-19(9-5-17)27(31)32)16-25-22(30)23(12-2-1-3-13-23)26-15-18-6-10-20(11-7-18)28(33)34/h4-11,26H,1-3,12-16H2,(H,24,29)(H,25,30). The first-order valence-electron chi connectivity index (χ1n) is 11.1. The van der Waals surface area contributed by atoms with Gasteiger partial charge in [-0.25, -0.2) is 0 Å². The molecule has 11 heteroatoms. The van der Waals surface area contributed by atoms with Crippen LogP contribution in [0.3, 0.4) is 0 Å². The third-order valence-corrected chi connectivity index (χ3v) is 5.97. The zero-order valence-electron chi connectivity index (χ0n) is 18.6. The molecule has 0 radical (unpaired) electrons. The molecule has 11 nitrogen and oxygen atoms in total. The number of hydrogen-bond donors (Lipinski definition) is 3. The molecule has 3 rings (SSSR count). The predicted octanol–water partition coefficient (Wildman–Crippen LogP) is 2.73. The molecule has 180 valence electrons. The smallest absolute Gasteiger partial charge is 0.269 e. The normalized spacial score (nSPS) is 14.7. The van der Waals surface area contributed by atoms with E-state index in [-0.39, 0.29) is 36.3 Å². The maximum Gasteiger partial charge on any atom is 0.269 e. The summed E-state index contributed by atoms with van der Waals surface area (Å²) >= 11 is 0. The van der Waals surface area contributed by atoms with Gasteiger partial charge in [-0.3, -0.25) is 35.1 Å². The van der Waals surface area contributed by atoms with E-state index in [0.29, 0.717) is 24.9 Å². The number of carbonyl (C=O) groups excluding carboxylic acids is 2. The summed E-state index contributed by atoms with van der Waals surface area (Å²) < 4.78 is 0. The molecule has 1 fully saturated rings. The number of nitro groups is 2. The fourth-order valence-electron chi connectivity index (χ4n) is 3.97. The zero-order chi connectivity index (χ0) is 24.6. The Morgan fingerprint density at radius 3 is 1.76 bits per heavy atom. The number of amides is 2. The van der Waals surface area contributed by atoms with Crippen LogP contribution in [0.2, 0.25) is 0 Å². The van der Waals surface area contributed by atoms with Crippen molar-refractivity contribution in [2.45, 2.75) is 50.7 Å². The molecule has 0 heterocycles. The summed E-state index contributed by atoms with van der Waals surface area (Å²) in [5.41, 5.74) is 0.705. The second-order valence-corrected chi connectivity index (χ2v) is 8.30. The summed E-state index contributed by atoms with van der Waals surface area (Å²) in [6.07, 6.45) is 4.07. The van der Waals surface area contributed by atoms with Crippen LogP contribution in [0.4, 0.5) is 11.4 Å². The summed E-state index contributed by atoms with van der Waals surface area (Å²) in [7, 11) is 0. The quantitative estimate of drug-likeness (QED) is 0.357. The molecule has 0 atom stereocenters. The Balaban J connectivity index is 1.52. The van der Waals surface area contributed by atoms with E-state index < -0.39 is 15.4 Å². The SMILES string of the molecule is O=C(CNC(=O)C1(NCc2ccc([N+](=O)[O-])cc2)CCCCC1)NCc1ccc([N+](=O)[O-])cc1. The lowest BCUT2D eigenvalue weighted by Gasteiger charge is -2.37. The summed E-state index contributed by atoms with van der Waals surface area (Å²) in [6.45, 7) is 0.376. The third-order valence-electron chi connectivity index (χ3n) is 5.97. The highest BCUT2D eigenvalue weighted by Crippen LogP contribution is 2.29. The molecule has 1 aliphatic rings. The maximum atomic E-state index is 13.1. The maximum absolute atomic E-state index is 13.1. The minimum atomic E-state index is -0.807. The van der Waals surface area contributed by atoms with Crippen molar-refractivity contribution in [1.29, 1.82) is 0 Å². The van der Waals surface area contributed by atoms with Gasteiger partial charge < -0.3 is 10.6 Å². The van der Waals surface area contributed by atoms with E-state index in [9.17, 15) is 29.8 Å². The van der Waals surface area contributed by atoms with Crippen LogP contribution in [0.5, 0.6) is 0 Å². The first-order chi connectivity index (χ1) is 16.3. The molecule has 0 aromatic heterocycles. The first-order valence-corrected chi connectivity index (χ1v) is 11.1. The van der Waals surface area contributed by atoms with Crippen LogP contribution in [-0.4, -0.2) is 33.7 Å². The van der Waals surface area contributed by atoms with Crippen molar-refractivity contribution in [2.24, 2.45) is 0 Å². The Bertz CT molecular complexity index is 1030. The number of nitro benzene ring substituents is 2. The van der Waals surface area contributed by atoms with E-state index in [2.05, 4.69) is 16.0 Å². The van der Waals surface area contributed by atoms with Crippen molar-refractivity contribution in [3.8, 4) is 0 Å². The minimum absolute atomic E-state index is 0.00797. The lowest BCUT2D eigenvalue weighted by atomic mass is 9.80. The Hall–Kier alpha value is -3.86. The van der Waals surface area contributed by atoms with E-state index in [4.69, 9.17) is 0 Å². The number of carbonyl (C=O) groups is 2. The summed E-state index contributed by atoms with van der Waals surface area (Å²) in [5.74, 6) is -0.618. The topological polar surface area (TPSA) is 157 Å². The molecule has 2 aromatic carbocycles. The average molecular weight is 469 g/mol.